The molecule has 0 spiro atoms. The van der Waals surface area contributed by atoms with E-state index in [9.17, 15) is 17.6 Å². The first-order valence-corrected chi connectivity index (χ1v) is 8.32. The van der Waals surface area contributed by atoms with E-state index in [2.05, 4.69) is 15.6 Å². The number of nitrogens with one attached hydrogen (secondary N) is 2. The number of nitrogens with zero attached hydrogens (tertiary/aromatic N) is 2. The molecule has 0 saturated heterocycles. The number of guanidine groups is 1. The minimum Gasteiger partial charge on any atom is -0.357 e. The Morgan fingerprint density at radius 2 is 2.00 bits per heavy atom. The molecule has 8 heteroatoms. The fraction of sp³-hybridized carbons (Fsp3) is 0.588. The van der Waals surface area contributed by atoms with Crippen molar-refractivity contribution in [3.63, 3.8) is 0 Å². The summed E-state index contributed by atoms with van der Waals surface area (Å²) in [6.07, 6.45) is -2.99. The Morgan fingerprint density at radius 3 is 2.64 bits per heavy atom. The topological polar surface area (TPSA) is 39.7 Å². The maximum atomic E-state index is 13.1. The molecule has 142 valence electrons. The van der Waals surface area contributed by atoms with Gasteiger partial charge in [0.1, 0.15) is 5.82 Å². The molecule has 0 fully saturated rings. The molecule has 0 heterocycles. The summed E-state index contributed by atoms with van der Waals surface area (Å²) >= 11 is 0. The maximum Gasteiger partial charge on any atom is 0.401 e. The normalized spacial score (nSPS) is 12.5. The third-order valence-corrected chi connectivity index (χ3v) is 3.36. The van der Waals surface area contributed by atoms with Crippen molar-refractivity contribution < 1.29 is 17.6 Å². The van der Waals surface area contributed by atoms with E-state index in [1.165, 1.54) is 24.1 Å². The Hall–Kier alpha value is -1.83. The van der Waals surface area contributed by atoms with Crippen LogP contribution in [0.25, 0.3) is 0 Å². The molecule has 1 aromatic rings. The minimum atomic E-state index is -4.18. The molecule has 0 amide bonds. The third kappa shape index (κ3) is 10.6. The number of alkyl halides is 3. The van der Waals surface area contributed by atoms with E-state index in [1.807, 2.05) is 13.0 Å². The molecule has 4 nitrogen and oxygen atoms in total. The molecule has 0 bridgehead atoms. The highest BCUT2D eigenvalue weighted by Gasteiger charge is 2.28. The Morgan fingerprint density at radius 1 is 1.24 bits per heavy atom. The van der Waals surface area contributed by atoms with Crippen LogP contribution < -0.4 is 10.6 Å². The average Bonchev–Trinajstić information content (AvgIpc) is 2.50. The molecule has 25 heavy (non-hydrogen) atoms. The first-order valence-electron chi connectivity index (χ1n) is 8.32. The van der Waals surface area contributed by atoms with Crippen LogP contribution in [0.1, 0.15) is 18.9 Å². The highest BCUT2D eigenvalue weighted by atomic mass is 19.4. The predicted octanol–water partition coefficient (Wildman–Crippen LogP) is 2.81. The molecular weight excluding hydrogens is 336 g/mol. The summed E-state index contributed by atoms with van der Waals surface area (Å²) in [6, 6.07) is 6.41. The summed E-state index contributed by atoms with van der Waals surface area (Å²) in [5.74, 6) is 0.346. The molecular formula is C17H26F4N4. The van der Waals surface area contributed by atoms with Crippen LogP contribution in [0, 0.1) is 5.82 Å². The Balaban J connectivity index is 2.33. The smallest absolute Gasteiger partial charge is 0.357 e. The zero-order valence-corrected chi connectivity index (χ0v) is 14.7. The van der Waals surface area contributed by atoms with E-state index in [-0.39, 0.29) is 5.82 Å². The van der Waals surface area contributed by atoms with E-state index in [4.69, 9.17) is 0 Å². The number of aliphatic imine (C=N–C) groups is 1. The van der Waals surface area contributed by atoms with Gasteiger partial charge in [0.15, 0.2) is 5.96 Å². The molecule has 0 saturated carbocycles. The Bertz CT molecular complexity index is 532. The van der Waals surface area contributed by atoms with Crippen LogP contribution in [-0.4, -0.2) is 56.8 Å². The molecule has 0 unspecified atom stereocenters. The highest BCUT2D eigenvalue weighted by Crippen LogP contribution is 2.15. The standard InChI is InChI=1S/C17H26F4N4/c1-3-22-16(23-9-5-11-25(2)13-17(19,20)21)24-10-8-14-6-4-7-15(18)12-14/h4,6-7,12H,3,5,8-11,13H2,1-2H3,(H2,22,23,24). The summed E-state index contributed by atoms with van der Waals surface area (Å²) in [7, 11) is 1.44. The van der Waals surface area contributed by atoms with Gasteiger partial charge >= 0.3 is 6.18 Å². The number of hydrogen-bond donors (Lipinski definition) is 2. The molecule has 0 radical (unpaired) electrons. The lowest BCUT2D eigenvalue weighted by molar-refractivity contribution is -0.143. The monoisotopic (exact) mass is 362 g/mol. The van der Waals surface area contributed by atoms with Crippen molar-refractivity contribution in [1.82, 2.24) is 15.5 Å². The second kappa shape index (κ2) is 10.9. The van der Waals surface area contributed by atoms with Gasteiger partial charge in [0, 0.05) is 19.6 Å². The quantitative estimate of drug-likeness (QED) is 0.307. The van der Waals surface area contributed by atoms with Gasteiger partial charge < -0.3 is 10.6 Å². The third-order valence-electron chi connectivity index (χ3n) is 3.36. The molecule has 0 aliphatic rings. The summed E-state index contributed by atoms with van der Waals surface area (Å²) < 4.78 is 49.8. The summed E-state index contributed by atoms with van der Waals surface area (Å²) in [6.45, 7) is 3.04. The molecule has 0 aliphatic heterocycles. The van der Waals surface area contributed by atoms with Crippen LogP contribution in [0.4, 0.5) is 17.6 Å². The predicted molar refractivity (Wildman–Crippen MR) is 92.3 cm³/mol. The largest absolute Gasteiger partial charge is 0.401 e. The highest BCUT2D eigenvalue weighted by molar-refractivity contribution is 5.79. The summed E-state index contributed by atoms with van der Waals surface area (Å²) in [4.78, 5) is 5.58. The van der Waals surface area contributed by atoms with Crippen LogP contribution in [0.15, 0.2) is 29.3 Å². The van der Waals surface area contributed by atoms with Crippen molar-refractivity contribution in [2.24, 2.45) is 4.99 Å². The molecule has 0 atom stereocenters. The lowest BCUT2D eigenvalue weighted by Crippen LogP contribution is -2.38. The van der Waals surface area contributed by atoms with E-state index < -0.39 is 12.7 Å². The lowest BCUT2D eigenvalue weighted by Gasteiger charge is -2.18. The number of rotatable bonds is 9. The zero-order chi connectivity index (χ0) is 18.7. The van der Waals surface area contributed by atoms with Gasteiger partial charge in [-0.25, -0.2) is 4.39 Å². The molecule has 0 aromatic heterocycles. The van der Waals surface area contributed by atoms with Crippen molar-refractivity contribution in [2.75, 3.05) is 39.8 Å². The minimum absolute atomic E-state index is 0.263. The van der Waals surface area contributed by atoms with Crippen LogP contribution in [0.2, 0.25) is 0 Å². The van der Waals surface area contributed by atoms with Crippen molar-refractivity contribution in [3.8, 4) is 0 Å². The molecule has 1 rings (SSSR count). The van der Waals surface area contributed by atoms with Crippen LogP contribution in [0.3, 0.4) is 0 Å². The fourth-order valence-corrected chi connectivity index (χ4v) is 2.28. The van der Waals surface area contributed by atoms with Gasteiger partial charge in [0.2, 0.25) is 0 Å². The van der Waals surface area contributed by atoms with E-state index >= 15 is 0 Å². The first-order chi connectivity index (χ1) is 11.8. The van der Waals surface area contributed by atoms with Gasteiger partial charge in [-0.1, -0.05) is 12.1 Å². The Kier molecular flexibility index (Phi) is 9.26. The summed E-state index contributed by atoms with van der Waals surface area (Å²) in [5, 5.41) is 6.22. The van der Waals surface area contributed by atoms with Gasteiger partial charge in [-0.3, -0.25) is 9.89 Å². The number of benzene rings is 1. The van der Waals surface area contributed by atoms with Gasteiger partial charge in [0.05, 0.1) is 6.54 Å². The van der Waals surface area contributed by atoms with Crippen LogP contribution in [-0.2, 0) is 6.42 Å². The maximum absolute atomic E-state index is 13.1. The van der Waals surface area contributed by atoms with Crippen LogP contribution in [0.5, 0.6) is 0 Å². The zero-order valence-electron chi connectivity index (χ0n) is 14.7. The van der Waals surface area contributed by atoms with Crippen LogP contribution >= 0.6 is 0 Å². The van der Waals surface area contributed by atoms with Gasteiger partial charge in [-0.2, -0.15) is 13.2 Å². The first kappa shape index (κ1) is 21.2. The summed E-state index contributed by atoms with van der Waals surface area (Å²) in [5.41, 5.74) is 0.886. The van der Waals surface area contributed by atoms with Gasteiger partial charge in [-0.05, 0) is 51.1 Å². The van der Waals surface area contributed by atoms with E-state index in [1.54, 1.807) is 6.07 Å². The average molecular weight is 362 g/mol. The molecule has 1 aromatic carbocycles. The van der Waals surface area contributed by atoms with Gasteiger partial charge in [-0.15, -0.1) is 0 Å². The Labute approximate surface area is 146 Å². The fourth-order valence-electron chi connectivity index (χ4n) is 2.28. The number of hydrogen-bond acceptors (Lipinski definition) is 2. The second-order valence-corrected chi connectivity index (χ2v) is 5.77. The number of halogens is 4. The van der Waals surface area contributed by atoms with E-state index in [0.29, 0.717) is 45.0 Å². The van der Waals surface area contributed by atoms with E-state index in [0.717, 1.165) is 5.56 Å². The van der Waals surface area contributed by atoms with Crippen molar-refractivity contribution in [3.05, 3.63) is 35.6 Å². The molecule has 2 N–H and O–H groups in total. The SMILES string of the molecule is CCNC(=NCCCN(C)CC(F)(F)F)NCCc1cccc(F)c1. The second-order valence-electron chi connectivity index (χ2n) is 5.77. The van der Waals surface area contributed by atoms with Gasteiger partial charge in [0.25, 0.3) is 0 Å². The van der Waals surface area contributed by atoms with Crippen molar-refractivity contribution >= 4 is 5.96 Å². The van der Waals surface area contributed by atoms with Crippen molar-refractivity contribution in [2.45, 2.75) is 25.9 Å². The molecule has 0 aliphatic carbocycles. The van der Waals surface area contributed by atoms with Crippen molar-refractivity contribution in [1.29, 1.82) is 0 Å². The lowest BCUT2D eigenvalue weighted by atomic mass is 10.1.